The second-order valence-electron chi connectivity index (χ2n) is 10.2. The number of aryl methyl sites for hydroxylation is 2. The third-order valence-corrected chi connectivity index (χ3v) is 4.44. The van der Waals surface area contributed by atoms with Gasteiger partial charge in [-0.25, -0.2) is 4.79 Å². The van der Waals surface area contributed by atoms with Crippen LogP contribution in [0, 0.1) is 13.8 Å². The number of benzene rings is 1. The van der Waals surface area contributed by atoms with Crippen LogP contribution in [0.2, 0.25) is 0 Å². The summed E-state index contributed by atoms with van der Waals surface area (Å²) in [5.41, 5.74) is 1.32. The van der Waals surface area contributed by atoms with Gasteiger partial charge in [-0.2, -0.15) is 0 Å². The SMILES string of the molecule is Cc1ccc(C)c(C(C(=O)NC(C)C)N(C(=O)CNC(=O)OC(C)(C)C)C(C)(C)C)c1. The van der Waals surface area contributed by atoms with E-state index < -0.39 is 23.3 Å². The first kappa shape index (κ1) is 26.5. The van der Waals surface area contributed by atoms with E-state index in [1.807, 2.05) is 66.7 Å². The lowest BCUT2D eigenvalue weighted by atomic mass is 9.92. The highest BCUT2D eigenvalue weighted by atomic mass is 16.6. The number of amides is 3. The predicted molar refractivity (Wildman–Crippen MR) is 123 cm³/mol. The van der Waals surface area contributed by atoms with E-state index in [1.54, 1.807) is 25.7 Å². The molecule has 0 aromatic heterocycles. The van der Waals surface area contributed by atoms with Gasteiger partial charge < -0.3 is 20.3 Å². The van der Waals surface area contributed by atoms with Crippen molar-refractivity contribution in [2.24, 2.45) is 0 Å². The predicted octanol–water partition coefficient (Wildman–Crippen LogP) is 4.02. The van der Waals surface area contributed by atoms with Crippen LogP contribution >= 0.6 is 0 Å². The van der Waals surface area contributed by atoms with Crippen molar-refractivity contribution in [3.8, 4) is 0 Å². The van der Waals surface area contributed by atoms with Crippen molar-refractivity contribution in [1.29, 1.82) is 0 Å². The van der Waals surface area contributed by atoms with Crippen molar-refractivity contribution in [2.75, 3.05) is 6.54 Å². The lowest BCUT2D eigenvalue weighted by Gasteiger charge is -2.42. The van der Waals surface area contributed by atoms with E-state index in [9.17, 15) is 14.4 Å². The van der Waals surface area contributed by atoms with Crippen molar-refractivity contribution in [3.05, 3.63) is 34.9 Å². The molecule has 0 saturated heterocycles. The third-order valence-electron chi connectivity index (χ3n) is 4.44. The van der Waals surface area contributed by atoms with Gasteiger partial charge in [0.05, 0.1) is 0 Å². The van der Waals surface area contributed by atoms with Gasteiger partial charge in [0.2, 0.25) is 11.8 Å². The number of alkyl carbamates (subject to hydrolysis) is 1. The fourth-order valence-electron chi connectivity index (χ4n) is 3.27. The molecule has 1 atom stereocenters. The maximum absolute atomic E-state index is 13.3. The number of carbonyl (C=O) groups excluding carboxylic acids is 3. The molecule has 1 aromatic rings. The van der Waals surface area contributed by atoms with Gasteiger partial charge in [-0.1, -0.05) is 23.8 Å². The molecule has 0 aliphatic rings. The van der Waals surface area contributed by atoms with Crippen LogP contribution in [0.25, 0.3) is 0 Å². The molecule has 1 rings (SSSR count). The second-order valence-corrected chi connectivity index (χ2v) is 10.2. The van der Waals surface area contributed by atoms with Crippen LogP contribution in [0.4, 0.5) is 4.79 Å². The van der Waals surface area contributed by atoms with E-state index in [4.69, 9.17) is 4.74 Å². The number of nitrogens with one attached hydrogen (secondary N) is 2. The molecule has 31 heavy (non-hydrogen) atoms. The first-order valence-corrected chi connectivity index (χ1v) is 10.7. The number of hydrogen-bond donors (Lipinski definition) is 2. The van der Waals surface area contributed by atoms with Gasteiger partial charge >= 0.3 is 6.09 Å². The summed E-state index contributed by atoms with van der Waals surface area (Å²) in [7, 11) is 0. The van der Waals surface area contributed by atoms with E-state index in [1.165, 1.54) is 0 Å². The lowest BCUT2D eigenvalue weighted by molar-refractivity contribution is -0.146. The maximum atomic E-state index is 13.3. The summed E-state index contributed by atoms with van der Waals surface area (Å²) >= 11 is 0. The van der Waals surface area contributed by atoms with Gasteiger partial charge in [0.15, 0.2) is 0 Å². The summed E-state index contributed by atoms with van der Waals surface area (Å²) in [4.78, 5) is 40.3. The van der Waals surface area contributed by atoms with Gasteiger partial charge in [0, 0.05) is 11.6 Å². The van der Waals surface area contributed by atoms with Crippen LogP contribution in [-0.4, -0.2) is 46.5 Å². The molecule has 3 amide bonds. The van der Waals surface area contributed by atoms with E-state index in [0.717, 1.165) is 16.7 Å². The minimum atomic E-state index is -0.838. The summed E-state index contributed by atoms with van der Waals surface area (Å²) < 4.78 is 5.23. The molecule has 174 valence electrons. The summed E-state index contributed by atoms with van der Waals surface area (Å²) in [5, 5.41) is 5.47. The third kappa shape index (κ3) is 8.23. The minimum absolute atomic E-state index is 0.0862. The van der Waals surface area contributed by atoms with Crippen LogP contribution in [0.1, 0.15) is 78.1 Å². The molecule has 0 heterocycles. The molecule has 2 N–H and O–H groups in total. The first-order chi connectivity index (χ1) is 14.0. The van der Waals surface area contributed by atoms with Crippen LogP contribution in [-0.2, 0) is 14.3 Å². The van der Waals surface area contributed by atoms with Gasteiger partial charge in [-0.15, -0.1) is 0 Å². The molecule has 1 unspecified atom stereocenters. The van der Waals surface area contributed by atoms with Crippen molar-refractivity contribution in [2.45, 2.75) is 92.5 Å². The Balaban J connectivity index is 3.36. The average Bonchev–Trinajstić information content (AvgIpc) is 2.56. The number of nitrogens with zero attached hydrogens (tertiary/aromatic N) is 1. The fraction of sp³-hybridized carbons (Fsp3) is 0.625. The molecule has 1 aromatic carbocycles. The zero-order valence-electron chi connectivity index (χ0n) is 20.7. The average molecular weight is 434 g/mol. The van der Waals surface area contributed by atoms with Crippen LogP contribution in [0.5, 0.6) is 0 Å². The smallest absolute Gasteiger partial charge is 0.408 e. The minimum Gasteiger partial charge on any atom is -0.444 e. The molecule has 0 bridgehead atoms. The number of ether oxygens (including phenoxy) is 1. The van der Waals surface area contributed by atoms with Gasteiger partial charge in [-0.3, -0.25) is 9.59 Å². The molecule has 7 heteroatoms. The van der Waals surface area contributed by atoms with Crippen molar-refractivity contribution in [1.82, 2.24) is 15.5 Å². The van der Waals surface area contributed by atoms with Gasteiger partial charge in [-0.05, 0) is 80.4 Å². The normalized spacial score (nSPS) is 12.9. The van der Waals surface area contributed by atoms with E-state index in [2.05, 4.69) is 10.6 Å². The molecule has 0 aliphatic carbocycles. The maximum Gasteiger partial charge on any atom is 0.408 e. The Morgan fingerprint density at radius 3 is 2.10 bits per heavy atom. The zero-order valence-corrected chi connectivity index (χ0v) is 20.7. The summed E-state index contributed by atoms with van der Waals surface area (Å²) in [6.45, 7) is 18.2. The molecule has 0 spiro atoms. The highest BCUT2D eigenvalue weighted by Gasteiger charge is 2.39. The van der Waals surface area contributed by atoms with Crippen LogP contribution in [0.3, 0.4) is 0 Å². The quantitative estimate of drug-likeness (QED) is 0.709. The number of hydrogen-bond acceptors (Lipinski definition) is 4. The van der Waals surface area contributed by atoms with Crippen LogP contribution < -0.4 is 10.6 Å². The Morgan fingerprint density at radius 1 is 1.03 bits per heavy atom. The Labute approximate surface area is 186 Å². The van der Waals surface area contributed by atoms with Gasteiger partial charge in [0.1, 0.15) is 18.2 Å². The zero-order chi connectivity index (χ0) is 24.1. The Bertz CT molecular complexity index is 804. The first-order valence-electron chi connectivity index (χ1n) is 10.7. The largest absolute Gasteiger partial charge is 0.444 e. The molecule has 0 saturated carbocycles. The lowest BCUT2D eigenvalue weighted by Crippen LogP contribution is -2.55. The van der Waals surface area contributed by atoms with Gasteiger partial charge in [0.25, 0.3) is 0 Å². The van der Waals surface area contributed by atoms with E-state index in [-0.39, 0.29) is 24.4 Å². The number of rotatable bonds is 6. The number of carbonyl (C=O) groups is 3. The highest BCUT2D eigenvalue weighted by molar-refractivity contribution is 5.91. The Kier molecular flexibility index (Phi) is 8.67. The summed E-state index contributed by atoms with van der Waals surface area (Å²) in [5.74, 6) is -0.632. The van der Waals surface area contributed by atoms with E-state index >= 15 is 0 Å². The Morgan fingerprint density at radius 2 is 1.61 bits per heavy atom. The van der Waals surface area contributed by atoms with Crippen molar-refractivity contribution in [3.63, 3.8) is 0 Å². The topological polar surface area (TPSA) is 87.7 Å². The molecule has 0 fully saturated rings. The molecular formula is C24H39N3O4. The molecule has 0 aliphatic heterocycles. The fourth-order valence-corrected chi connectivity index (χ4v) is 3.27. The second kappa shape index (κ2) is 10.2. The molecular weight excluding hydrogens is 394 g/mol. The highest BCUT2D eigenvalue weighted by Crippen LogP contribution is 2.31. The molecule has 7 nitrogen and oxygen atoms in total. The van der Waals surface area contributed by atoms with E-state index in [0.29, 0.717) is 0 Å². The van der Waals surface area contributed by atoms with Crippen molar-refractivity contribution >= 4 is 17.9 Å². The Hall–Kier alpha value is -2.57. The monoisotopic (exact) mass is 433 g/mol. The molecule has 0 radical (unpaired) electrons. The van der Waals surface area contributed by atoms with Crippen molar-refractivity contribution < 1.29 is 19.1 Å². The standard InChI is InChI=1S/C24H39N3O4/c1-15(2)26-21(29)20(18-13-16(3)11-12-17(18)4)27(23(5,6)7)19(28)14-25-22(30)31-24(8,9)10/h11-13,15,20H,14H2,1-10H3,(H,25,30)(H,26,29). The summed E-state index contributed by atoms with van der Waals surface area (Å²) in [6, 6.07) is 4.94. The van der Waals surface area contributed by atoms with Crippen LogP contribution in [0.15, 0.2) is 18.2 Å². The summed E-state index contributed by atoms with van der Waals surface area (Å²) in [6.07, 6.45) is -0.676.